The van der Waals surface area contributed by atoms with Gasteiger partial charge >= 0.3 is 0 Å². The number of carbonyl (C=O) groups is 1. The van der Waals surface area contributed by atoms with Crippen molar-refractivity contribution in [1.82, 2.24) is 0 Å². The van der Waals surface area contributed by atoms with E-state index in [9.17, 15) is 4.79 Å². The fourth-order valence-electron chi connectivity index (χ4n) is 0.933. The third-order valence-corrected chi connectivity index (χ3v) is 2.63. The molecule has 0 heterocycles. The Balaban J connectivity index is 2.75. The zero-order valence-corrected chi connectivity index (χ0v) is 9.73. The summed E-state index contributed by atoms with van der Waals surface area (Å²) in [6, 6.07) is 6.98. The molecular weight excluding hydrogens is 232 g/mol. The molecule has 0 aliphatic carbocycles. The molecule has 0 fully saturated rings. The maximum absolute atomic E-state index is 11.6. The van der Waals surface area contributed by atoms with Crippen molar-refractivity contribution < 1.29 is 4.79 Å². The van der Waals surface area contributed by atoms with E-state index >= 15 is 0 Å². The topological polar surface area (TPSA) is 55.1 Å². The van der Waals surface area contributed by atoms with E-state index in [2.05, 4.69) is 5.32 Å². The van der Waals surface area contributed by atoms with Crippen molar-refractivity contribution >= 4 is 40.4 Å². The quantitative estimate of drug-likeness (QED) is 0.799. The van der Waals surface area contributed by atoms with Gasteiger partial charge in [0.25, 0.3) is 0 Å². The van der Waals surface area contributed by atoms with E-state index in [0.717, 1.165) is 0 Å². The molecular formula is C10H11ClN2OS. The lowest BCUT2D eigenvalue weighted by Crippen LogP contribution is -2.30. The molecule has 0 aliphatic rings. The van der Waals surface area contributed by atoms with E-state index in [1.807, 2.05) is 0 Å². The standard InChI is InChI=1S/C10H11ClN2OS/c1-6(9(12)15)10(14)13-8-5-3-2-4-7(8)11/h2-6H,1H3,(H2,12,15)(H,13,14). The third-order valence-electron chi connectivity index (χ3n) is 1.95. The number of thiocarbonyl (C=S) groups is 1. The Morgan fingerprint density at radius 3 is 2.67 bits per heavy atom. The molecule has 0 radical (unpaired) electrons. The van der Waals surface area contributed by atoms with Crippen molar-refractivity contribution in [3.05, 3.63) is 29.3 Å². The van der Waals surface area contributed by atoms with Crippen LogP contribution < -0.4 is 11.1 Å². The predicted octanol–water partition coefficient (Wildman–Crippen LogP) is 2.20. The molecule has 15 heavy (non-hydrogen) atoms. The Labute approximate surface area is 98.6 Å². The Morgan fingerprint density at radius 2 is 2.13 bits per heavy atom. The molecule has 1 aromatic rings. The van der Waals surface area contributed by atoms with E-state index in [-0.39, 0.29) is 10.9 Å². The van der Waals surface area contributed by atoms with Crippen LogP contribution in [0.5, 0.6) is 0 Å². The summed E-state index contributed by atoms with van der Waals surface area (Å²) in [5.41, 5.74) is 5.93. The molecule has 0 aromatic heterocycles. The van der Waals surface area contributed by atoms with Crippen LogP contribution in [-0.4, -0.2) is 10.9 Å². The first-order valence-electron chi connectivity index (χ1n) is 4.37. The molecule has 1 amide bonds. The molecule has 0 bridgehead atoms. The van der Waals surface area contributed by atoms with E-state index < -0.39 is 5.92 Å². The zero-order valence-electron chi connectivity index (χ0n) is 8.16. The fourth-order valence-corrected chi connectivity index (χ4v) is 1.22. The summed E-state index contributed by atoms with van der Waals surface area (Å²) in [6.07, 6.45) is 0. The van der Waals surface area contributed by atoms with E-state index in [0.29, 0.717) is 10.7 Å². The second kappa shape index (κ2) is 5.09. The number of anilines is 1. The lowest BCUT2D eigenvalue weighted by molar-refractivity contribution is -0.117. The van der Waals surface area contributed by atoms with Crippen LogP contribution in [0.15, 0.2) is 24.3 Å². The highest BCUT2D eigenvalue weighted by Crippen LogP contribution is 2.20. The number of para-hydroxylation sites is 1. The van der Waals surface area contributed by atoms with Gasteiger partial charge in [0.15, 0.2) is 0 Å². The number of nitrogens with two attached hydrogens (primary N) is 1. The SMILES string of the molecule is CC(C(=O)Nc1ccccc1Cl)C(N)=S. The normalized spacial score (nSPS) is 11.9. The smallest absolute Gasteiger partial charge is 0.234 e. The molecule has 3 N–H and O–H groups in total. The van der Waals surface area contributed by atoms with Gasteiger partial charge in [-0.05, 0) is 19.1 Å². The maximum Gasteiger partial charge on any atom is 0.234 e. The summed E-state index contributed by atoms with van der Waals surface area (Å²) in [5.74, 6) is -0.758. The second-order valence-electron chi connectivity index (χ2n) is 3.09. The van der Waals surface area contributed by atoms with Gasteiger partial charge in [-0.3, -0.25) is 4.79 Å². The molecule has 3 nitrogen and oxygen atoms in total. The van der Waals surface area contributed by atoms with Crippen LogP contribution in [0, 0.1) is 5.92 Å². The fraction of sp³-hybridized carbons (Fsp3) is 0.200. The molecule has 1 aromatic carbocycles. The number of amides is 1. The van der Waals surface area contributed by atoms with Gasteiger partial charge < -0.3 is 11.1 Å². The minimum absolute atomic E-state index is 0.166. The van der Waals surface area contributed by atoms with Gasteiger partial charge in [0.2, 0.25) is 5.91 Å². The lowest BCUT2D eigenvalue weighted by atomic mass is 10.1. The first kappa shape index (κ1) is 11.9. The monoisotopic (exact) mass is 242 g/mol. The number of hydrogen-bond donors (Lipinski definition) is 2. The van der Waals surface area contributed by atoms with Gasteiger partial charge in [0.05, 0.1) is 21.6 Å². The van der Waals surface area contributed by atoms with Crippen LogP contribution in [0.25, 0.3) is 0 Å². The van der Waals surface area contributed by atoms with Gasteiger partial charge in [-0.25, -0.2) is 0 Å². The van der Waals surface area contributed by atoms with Gasteiger partial charge in [-0.2, -0.15) is 0 Å². The minimum atomic E-state index is -0.503. The molecule has 0 saturated heterocycles. The molecule has 80 valence electrons. The van der Waals surface area contributed by atoms with E-state index in [1.165, 1.54) is 0 Å². The minimum Gasteiger partial charge on any atom is -0.393 e. The van der Waals surface area contributed by atoms with Crippen LogP contribution in [0.4, 0.5) is 5.69 Å². The highest BCUT2D eigenvalue weighted by Gasteiger charge is 2.16. The second-order valence-corrected chi connectivity index (χ2v) is 3.97. The van der Waals surface area contributed by atoms with Crippen LogP contribution in [-0.2, 0) is 4.79 Å². The molecule has 5 heteroatoms. The predicted molar refractivity (Wildman–Crippen MR) is 66.0 cm³/mol. The Hall–Kier alpha value is -1.13. The summed E-state index contributed by atoms with van der Waals surface area (Å²) in [7, 11) is 0. The summed E-state index contributed by atoms with van der Waals surface area (Å²) < 4.78 is 0. The Kier molecular flexibility index (Phi) is 4.05. The number of carbonyl (C=O) groups excluding carboxylic acids is 1. The van der Waals surface area contributed by atoms with Crippen molar-refractivity contribution in [2.75, 3.05) is 5.32 Å². The average Bonchev–Trinajstić information content (AvgIpc) is 2.20. The number of benzene rings is 1. The Bertz CT molecular complexity index is 395. The van der Waals surface area contributed by atoms with Crippen molar-refractivity contribution in [3.8, 4) is 0 Å². The van der Waals surface area contributed by atoms with Gasteiger partial charge in [0.1, 0.15) is 0 Å². The first-order chi connectivity index (χ1) is 7.02. The highest BCUT2D eigenvalue weighted by atomic mass is 35.5. The summed E-state index contributed by atoms with van der Waals surface area (Å²) in [6.45, 7) is 1.65. The number of nitrogens with one attached hydrogen (secondary N) is 1. The molecule has 1 atom stereocenters. The number of hydrogen-bond acceptors (Lipinski definition) is 2. The van der Waals surface area contributed by atoms with Crippen LogP contribution in [0.2, 0.25) is 5.02 Å². The van der Waals surface area contributed by atoms with Crippen molar-refractivity contribution in [3.63, 3.8) is 0 Å². The van der Waals surface area contributed by atoms with Crippen molar-refractivity contribution in [2.45, 2.75) is 6.92 Å². The van der Waals surface area contributed by atoms with E-state index in [4.69, 9.17) is 29.6 Å². The number of halogens is 1. The van der Waals surface area contributed by atoms with Crippen LogP contribution >= 0.6 is 23.8 Å². The maximum atomic E-state index is 11.6. The Morgan fingerprint density at radius 1 is 1.53 bits per heavy atom. The van der Waals surface area contributed by atoms with Gasteiger partial charge in [0, 0.05) is 0 Å². The average molecular weight is 243 g/mol. The van der Waals surface area contributed by atoms with E-state index in [1.54, 1.807) is 31.2 Å². The molecule has 1 rings (SSSR count). The lowest BCUT2D eigenvalue weighted by Gasteiger charge is -2.11. The summed E-state index contributed by atoms with van der Waals surface area (Å²) in [5, 5.41) is 3.14. The van der Waals surface area contributed by atoms with Gasteiger partial charge in [-0.15, -0.1) is 0 Å². The van der Waals surface area contributed by atoms with Gasteiger partial charge in [-0.1, -0.05) is 36.0 Å². The molecule has 0 saturated carbocycles. The molecule has 1 unspecified atom stereocenters. The zero-order chi connectivity index (χ0) is 11.4. The highest BCUT2D eigenvalue weighted by molar-refractivity contribution is 7.80. The third kappa shape index (κ3) is 3.18. The largest absolute Gasteiger partial charge is 0.393 e. The first-order valence-corrected chi connectivity index (χ1v) is 5.15. The van der Waals surface area contributed by atoms with Crippen LogP contribution in [0.3, 0.4) is 0 Å². The van der Waals surface area contributed by atoms with Crippen molar-refractivity contribution in [2.24, 2.45) is 11.7 Å². The van der Waals surface area contributed by atoms with Crippen molar-refractivity contribution in [1.29, 1.82) is 0 Å². The summed E-state index contributed by atoms with van der Waals surface area (Å²) in [4.78, 5) is 11.7. The molecule has 0 aliphatic heterocycles. The number of rotatable bonds is 3. The van der Waals surface area contributed by atoms with Crippen LogP contribution in [0.1, 0.15) is 6.92 Å². The summed E-state index contributed by atoms with van der Waals surface area (Å²) >= 11 is 10.6. The molecule has 0 spiro atoms.